The summed E-state index contributed by atoms with van der Waals surface area (Å²) in [5.41, 5.74) is 2.09. The second kappa shape index (κ2) is 10.4. The number of ketones is 1. The lowest BCUT2D eigenvalue weighted by Crippen LogP contribution is -2.30. The van der Waals surface area contributed by atoms with Crippen LogP contribution >= 0.6 is 0 Å². The van der Waals surface area contributed by atoms with Gasteiger partial charge in [0, 0.05) is 46.0 Å². The third-order valence-corrected chi connectivity index (χ3v) is 5.23. The van der Waals surface area contributed by atoms with Crippen LogP contribution in [-0.4, -0.2) is 61.2 Å². The molecule has 1 heterocycles. The largest absolute Gasteiger partial charge is 0.507 e. The fourth-order valence-corrected chi connectivity index (χ4v) is 3.51. The van der Waals surface area contributed by atoms with Crippen molar-refractivity contribution in [2.45, 2.75) is 13.5 Å². The zero-order valence-electron chi connectivity index (χ0n) is 18.3. The van der Waals surface area contributed by atoms with Gasteiger partial charge in [0.15, 0.2) is 5.76 Å². The van der Waals surface area contributed by atoms with Crippen molar-refractivity contribution in [2.24, 2.45) is 0 Å². The number of carbonyl (C=O) groups is 1. The molecule has 170 valence electrons. The number of nitro groups is 1. The SMILES string of the molecule is COCCN(CCOC)Cc1c(O)cc(C)c2c1O/C(=C/c1ccc([N+](=O)[O-])cc1)C2=O. The van der Waals surface area contributed by atoms with Crippen molar-refractivity contribution in [1.82, 2.24) is 4.90 Å². The molecule has 1 aliphatic heterocycles. The van der Waals surface area contributed by atoms with Crippen molar-refractivity contribution in [3.63, 3.8) is 0 Å². The van der Waals surface area contributed by atoms with Crippen LogP contribution in [0.3, 0.4) is 0 Å². The fraction of sp³-hybridized carbons (Fsp3) is 0.348. The number of carbonyl (C=O) groups excluding carboxylic acids is 1. The molecule has 0 saturated carbocycles. The Morgan fingerprint density at radius 3 is 2.34 bits per heavy atom. The summed E-state index contributed by atoms with van der Waals surface area (Å²) in [6, 6.07) is 7.39. The smallest absolute Gasteiger partial charge is 0.269 e. The molecule has 0 radical (unpaired) electrons. The normalized spacial score (nSPS) is 14.1. The van der Waals surface area contributed by atoms with Gasteiger partial charge in [0.1, 0.15) is 11.5 Å². The van der Waals surface area contributed by atoms with Crippen LogP contribution in [0, 0.1) is 17.0 Å². The molecule has 3 rings (SSSR count). The van der Waals surface area contributed by atoms with Crippen molar-refractivity contribution in [3.05, 3.63) is 68.5 Å². The molecule has 1 N–H and O–H groups in total. The van der Waals surface area contributed by atoms with E-state index < -0.39 is 4.92 Å². The van der Waals surface area contributed by atoms with Crippen molar-refractivity contribution in [1.29, 1.82) is 0 Å². The highest BCUT2D eigenvalue weighted by molar-refractivity contribution is 6.15. The van der Waals surface area contributed by atoms with E-state index in [2.05, 4.69) is 0 Å². The molecular formula is C23H26N2O7. The van der Waals surface area contributed by atoms with Gasteiger partial charge in [-0.25, -0.2) is 0 Å². The Hall–Kier alpha value is -3.27. The van der Waals surface area contributed by atoms with E-state index in [1.165, 1.54) is 12.1 Å². The lowest BCUT2D eigenvalue weighted by molar-refractivity contribution is -0.384. The highest BCUT2D eigenvalue weighted by Gasteiger charge is 2.33. The number of ether oxygens (including phenoxy) is 3. The number of nitrogens with zero attached hydrogens (tertiary/aromatic N) is 2. The van der Waals surface area contributed by atoms with E-state index in [-0.39, 0.29) is 23.0 Å². The lowest BCUT2D eigenvalue weighted by atomic mass is 9.99. The number of Topliss-reactive ketones (excluding diaryl/α,β-unsaturated/α-hetero) is 1. The summed E-state index contributed by atoms with van der Waals surface area (Å²) in [7, 11) is 3.24. The number of benzene rings is 2. The van der Waals surface area contributed by atoms with Gasteiger partial charge in [-0.3, -0.25) is 19.8 Å². The van der Waals surface area contributed by atoms with Gasteiger partial charge in [0.2, 0.25) is 5.78 Å². The number of aromatic hydroxyl groups is 1. The minimum Gasteiger partial charge on any atom is -0.507 e. The fourth-order valence-electron chi connectivity index (χ4n) is 3.51. The predicted octanol–water partition coefficient (Wildman–Crippen LogP) is 3.32. The number of hydrogen-bond acceptors (Lipinski definition) is 8. The first-order chi connectivity index (χ1) is 15.3. The van der Waals surface area contributed by atoms with Crippen molar-refractivity contribution < 1.29 is 29.0 Å². The summed E-state index contributed by atoms with van der Waals surface area (Å²) in [4.78, 5) is 25.5. The average Bonchev–Trinajstić information content (AvgIpc) is 3.09. The van der Waals surface area contributed by atoms with Crippen molar-refractivity contribution in [3.8, 4) is 11.5 Å². The summed E-state index contributed by atoms with van der Waals surface area (Å²) in [5, 5.41) is 21.5. The van der Waals surface area contributed by atoms with Crippen LogP contribution in [-0.2, 0) is 16.0 Å². The van der Waals surface area contributed by atoms with Crippen molar-refractivity contribution >= 4 is 17.5 Å². The molecule has 32 heavy (non-hydrogen) atoms. The van der Waals surface area contributed by atoms with Gasteiger partial charge in [-0.15, -0.1) is 0 Å². The van der Waals surface area contributed by atoms with E-state index in [1.807, 2.05) is 4.90 Å². The van der Waals surface area contributed by atoms with Gasteiger partial charge in [-0.1, -0.05) is 0 Å². The van der Waals surface area contributed by atoms with Crippen LogP contribution in [0.5, 0.6) is 11.5 Å². The van der Waals surface area contributed by atoms with Crippen LogP contribution in [0.2, 0.25) is 0 Å². The minimum absolute atomic E-state index is 0.0376. The second-order valence-corrected chi connectivity index (χ2v) is 7.45. The molecule has 0 saturated heterocycles. The van der Waals surface area contributed by atoms with Gasteiger partial charge in [0.25, 0.3) is 5.69 Å². The molecule has 0 spiro atoms. The van der Waals surface area contributed by atoms with Crippen LogP contribution in [0.1, 0.15) is 27.0 Å². The molecule has 0 bridgehead atoms. The molecule has 2 aromatic carbocycles. The Balaban J connectivity index is 1.93. The average molecular weight is 442 g/mol. The maximum absolute atomic E-state index is 13.1. The number of phenols is 1. The third kappa shape index (κ3) is 5.13. The zero-order chi connectivity index (χ0) is 23.3. The Morgan fingerprint density at radius 2 is 1.78 bits per heavy atom. The molecule has 0 aromatic heterocycles. The first kappa shape index (κ1) is 23.4. The number of allylic oxidation sites excluding steroid dienone is 1. The minimum atomic E-state index is -0.485. The first-order valence-electron chi connectivity index (χ1n) is 10.1. The monoisotopic (exact) mass is 442 g/mol. The molecule has 0 aliphatic carbocycles. The van der Waals surface area contributed by atoms with Crippen LogP contribution < -0.4 is 4.74 Å². The van der Waals surface area contributed by atoms with E-state index >= 15 is 0 Å². The number of hydrogen-bond donors (Lipinski definition) is 1. The summed E-state index contributed by atoms with van der Waals surface area (Å²) in [6.45, 7) is 4.32. The van der Waals surface area contributed by atoms with E-state index in [4.69, 9.17) is 14.2 Å². The second-order valence-electron chi connectivity index (χ2n) is 7.45. The van der Waals surface area contributed by atoms with Gasteiger partial charge < -0.3 is 19.3 Å². The van der Waals surface area contributed by atoms with E-state index in [1.54, 1.807) is 45.4 Å². The molecular weight excluding hydrogens is 416 g/mol. The van der Waals surface area contributed by atoms with Gasteiger partial charge in [-0.2, -0.15) is 0 Å². The lowest BCUT2D eigenvalue weighted by Gasteiger charge is -2.23. The number of nitro benzene ring substituents is 1. The highest BCUT2D eigenvalue weighted by atomic mass is 16.6. The third-order valence-electron chi connectivity index (χ3n) is 5.23. The van der Waals surface area contributed by atoms with Crippen LogP contribution in [0.4, 0.5) is 5.69 Å². The standard InChI is InChI=1S/C23H26N2O7/c1-15-12-19(26)18(14-24(8-10-30-2)9-11-31-3)23-21(15)22(27)20(32-23)13-16-4-6-17(7-5-16)25(28)29/h4-7,12-13,26H,8-11,14H2,1-3H3/b20-13+. The Bertz CT molecular complexity index is 1020. The predicted molar refractivity (Wildman–Crippen MR) is 118 cm³/mol. The highest BCUT2D eigenvalue weighted by Crippen LogP contribution is 2.42. The number of fused-ring (bicyclic) bond motifs is 1. The number of phenolic OH excluding ortho intramolecular Hbond substituents is 1. The van der Waals surface area contributed by atoms with Gasteiger partial charge >= 0.3 is 0 Å². The first-order valence-corrected chi connectivity index (χ1v) is 10.1. The van der Waals surface area contributed by atoms with Gasteiger partial charge in [0.05, 0.1) is 29.3 Å². The summed E-state index contributed by atoms with van der Waals surface area (Å²) in [5.74, 6) is 0.188. The Kier molecular flexibility index (Phi) is 7.57. The van der Waals surface area contributed by atoms with Crippen LogP contribution in [0.25, 0.3) is 6.08 Å². The summed E-state index contributed by atoms with van der Waals surface area (Å²) in [6.07, 6.45) is 1.54. The Labute approximate surface area is 186 Å². The van der Waals surface area contributed by atoms with Gasteiger partial charge in [-0.05, 0) is 42.3 Å². The van der Waals surface area contributed by atoms with Crippen molar-refractivity contribution in [2.75, 3.05) is 40.5 Å². The maximum atomic E-state index is 13.1. The number of aryl methyl sites for hydroxylation is 1. The molecule has 0 fully saturated rings. The molecule has 1 aliphatic rings. The molecule has 0 atom stereocenters. The number of rotatable bonds is 10. The van der Waals surface area contributed by atoms with Crippen LogP contribution in [0.15, 0.2) is 36.1 Å². The topological polar surface area (TPSA) is 111 Å². The van der Waals surface area contributed by atoms with E-state index in [9.17, 15) is 20.0 Å². The number of methoxy groups -OCH3 is 2. The number of non-ortho nitro benzene ring substituents is 1. The molecule has 2 aromatic rings. The molecule has 0 unspecified atom stereocenters. The molecule has 9 nitrogen and oxygen atoms in total. The van der Waals surface area contributed by atoms with E-state index in [0.717, 1.165) is 0 Å². The molecule has 0 amide bonds. The summed E-state index contributed by atoms with van der Waals surface area (Å²) >= 11 is 0. The quantitative estimate of drug-likeness (QED) is 0.339. The molecule has 9 heteroatoms. The summed E-state index contributed by atoms with van der Waals surface area (Å²) < 4.78 is 16.3. The maximum Gasteiger partial charge on any atom is 0.269 e. The Morgan fingerprint density at radius 1 is 1.16 bits per heavy atom. The van der Waals surface area contributed by atoms with E-state index in [0.29, 0.717) is 60.9 Å². The zero-order valence-corrected chi connectivity index (χ0v) is 18.3.